The molecule has 1 aliphatic carbocycles. The molecule has 2 aliphatic rings. The lowest BCUT2D eigenvalue weighted by atomic mass is 10.2. The SMILES string of the molecule is CCCNCC(C)S(=O)(=O)N1CCN(C2CCCC2)CC1. The summed E-state index contributed by atoms with van der Waals surface area (Å²) in [4.78, 5) is 2.50. The molecule has 1 N–H and O–H groups in total. The van der Waals surface area contributed by atoms with Crippen LogP contribution < -0.4 is 5.32 Å². The fraction of sp³-hybridized carbons (Fsp3) is 1.00. The van der Waals surface area contributed by atoms with Crippen LogP contribution in [0.3, 0.4) is 0 Å². The maximum Gasteiger partial charge on any atom is 0.218 e. The fourth-order valence-corrected chi connectivity index (χ4v) is 4.94. The highest BCUT2D eigenvalue weighted by atomic mass is 32.2. The van der Waals surface area contributed by atoms with Crippen LogP contribution in [0.4, 0.5) is 0 Å². The van der Waals surface area contributed by atoms with E-state index in [1.807, 2.05) is 6.92 Å². The molecule has 124 valence electrons. The molecule has 0 aromatic rings. The Morgan fingerprint density at radius 2 is 1.76 bits per heavy atom. The molecule has 1 saturated heterocycles. The first-order chi connectivity index (χ1) is 10.1. The topological polar surface area (TPSA) is 52.7 Å². The number of hydrogen-bond donors (Lipinski definition) is 1. The van der Waals surface area contributed by atoms with Gasteiger partial charge in [-0.1, -0.05) is 19.8 Å². The first-order valence-electron chi connectivity index (χ1n) is 8.49. The summed E-state index contributed by atoms with van der Waals surface area (Å²) in [5.41, 5.74) is 0. The van der Waals surface area contributed by atoms with Crippen molar-refractivity contribution in [2.75, 3.05) is 39.3 Å². The molecule has 1 saturated carbocycles. The highest BCUT2D eigenvalue weighted by Crippen LogP contribution is 2.25. The zero-order valence-electron chi connectivity index (χ0n) is 13.6. The second-order valence-electron chi connectivity index (χ2n) is 6.43. The molecular weight excluding hydrogens is 286 g/mol. The molecule has 1 atom stereocenters. The Morgan fingerprint density at radius 3 is 2.33 bits per heavy atom. The molecule has 6 heteroatoms. The van der Waals surface area contributed by atoms with Gasteiger partial charge in [0.1, 0.15) is 0 Å². The lowest BCUT2D eigenvalue weighted by Crippen LogP contribution is -2.53. The predicted molar refractivity (Wildman–Crippen MR) is 86.9 cm³/mol. The summed E-state index contributed by atoms with van der Waals surface area (Å²) in [6, 6.07) is 0.707. The average Bonchev–Trinajstić information content (AvgIpc) is 3.01. The van der Waals surface area contributed by atoms with Crippen molar-refractivity contribution in [3.05, 3.63) is 0 Å². The minimum Gasteiger partial charge on any atom is -0.315 e. The van der Waals surface area contributed by atoms with Crippen LogP contribution >= 0.6 is 0 Å². The summed E-state index contributed by atoms with van der Waals surface area (Å²) in [6.07, 6.45) is 6.30. The third-order valence-corrected chi connectivity index (χ3v) is 7.11. The van der Waals surface area contributed by atoms with E-state index in [9.17, 15) is 8.42 Å². The van der Waals surface area contributed by atoms with Crippen LogP contribution in [-0.4, -0.2) is 68.2 Å². The third kappa shape index (κ3) is 4.41. The van der Waals surface area contributed by atoms with Gasteiger partial charge in [0.15, 0.2) is 0 Å². The minimum absolute atomic E-state index is 0.331. The summed E-state index contributed by atoms with van der Waals surface area (Å²) in [7, 11) is -3.15. The van der Waals surface area contributed by atoms with Crippen molar-refractivity contribution < 1.29 is 8.42 Å². The van der Waals surface area contributed by atoms with Crippen molar-refractivity contribution >= 4 is 10.0 Å². The standard InChI is InChI=1S/C15H31N3O2S/c1-3-8-16-13-14(2)21(19,20)18-11-9-17(10-12-18)15-6-4-5-7-15/h14-16H,3-13H2,1-2H3. The van der Waals surface area contributed by atoms with E-state index in [0.29, 0.717) is 25.7 Å². The van der Waals surface area contributed by atoms with E-state index in [1.54, 1.807) is 4.31 Å². The molecule has 21 heavy (non-hydrogen) atoms. The molecule has 0 spiro atoms. The number of nitrogens with one attached hydrogen (secondary N) is 1. The fourth-order valence-electron chi connectivity index (χ4n) is 3.43. The van der Waals surface area contributed by atoms with Gasteiger partial charge in [0.25, 0.3) is 0 Å². The average molecular weight is 317 g/mol. The van der Waals surface area contributed by atoms with E-state index in [1.165, 1.54) is 25.7 Å². The molecule has 0 aromatic carbocycles. The summed E-state index contributed by atoms with van der Waals surface area (Å²) >= 11 is 0. The normalized spacial score (nSPS) is 24.5. The van der Waals surface area contributed by atoms with Gasteiger partial charge in [0.05, 0.1) is 5.25 Å². The van der Waals surface area contributed by atoms with Crippen molar-refractivity contribution in [2.45, 2.75) is 57.2 Å². The van der Waals surface area contributed by atoms with E-state index in [2.05, 4.69) is 17.1 Å². The zero-order chi connectivity index (χ0) is 15.3. The second kappa shape index (κ2) is 7.90. The molecule has 1 aliphatic heterocycles. The molecule has 0 aromatic heterocycles. The van der Waals surface area contributed by atoms with Crippen LogP contribution in [-0.2, 0) is 10.0 Å². The van der Waals surface area contributed by atoms with Gasteiger partial charge in [-0.2, -0.15) is 4.31 Å². The van der Waals surface area contributed by atoms with E-state index >= 15 is 0 Å². The Morgan fingerprint density at radius 1 is 1.14 bits per heavy atom. The minimum atomic E-state index is -3.15. The zero-order valence-corrected chi connectivity index (χ0v) is 14.4. The Kier molecular flexibility index (Phi) is 6.47. The van der Waals surface area contributed by atoms with Crippen molar-refractivity contribution in [1.29, 1.82) is 0 Å². The Balaban J connectivity index is 1.82. The lowest BCUT2D eigenvalue weighted by molar-refractivity contribution is 0.138. The molecule has 0 bridgehead atoms. The predicted octanol–water partition coefficient (Wildman–Crippen LogP) is 1.26. The highest BCUT2D eigenvalue weighted by molar-refractivity contribution is 7.89. The Hall–Kier alpha value is -0.170. The molecule has 2 fully saturated rings. The van der Waals surface area contributed by atoms with Crippen molar-refractivity contribution in [3.63, 3.8) is 0 Å². The second-order valence-corrected chi connectivity index (χ2v) is 8.78. The number of sulfonamides is 1. The molecule has 0 radical (unpaired) electrons. The smallest absolute Gasteiger partial charge is 0.218 e. The Labute approximate surface area is 130 Å². The first kappa shape index (κ1) is 17.2. The number of piperazine rings is 1. The molecule has 1 unspecified atom stereocenters. The molecule has 1 heterocycles. The monoisotopic (exact) mass is 317 g/mol. The first-order valence-corrected chi connectivity index (χ1v) is 9.99. The van der Waals surface area contributed by atoms with Gasteiger partial charge in [-0.25, -0.2) is 8.42 Å². The summed E-state index contributed by atoms with van der Waals surface area (Å²) in [6.45, 7) is 8.48. The van der Waals surface area contributed by atoms with E-state index < -0.39 is 10.0 Å². The van der Waals surface area contributed by atoms with Gasteiger partial charge in [-0.05, 0) is 32.7 Å². The number of rotatable bonds is 7. The van der Waals surface area contributed by atoms with Gasteiger partial charge in [0, 0.05) is 38.8 Å². The van der Waals surface area contributed by atoms with E-state index in [0.717, 1.165) is 26.1 Å². The highest BCUT2D eigenvalue weighted by Gasteiger charge is 2.33. The van der Waals surface area contributed by atoms with Crippen LogP contribution in [0.1, 0.15) is 46.0 Å². The van der Waals surface area contributed by atoms with Gasteiger partial charge >= 0.3 is 0 Å². The van der Waals surface area contributed by atoms with Crippen LogP contribution in [0.15, 0.2) is 0 Å². The molecular formula is C15H31N3O2S. The van der Waals surface area contributed by atoms with Crippen molar-refractivity contribution in [1.82, 2.24) is 14.5 Å². The van der Waals surface area contributed by atoms with Gasteiger partial charge in [0.2, 0.25) is 10.0 Å². The van der Waals surface area contributed by atoms with Crippen LogP contribution in [0.25, 0.3) is 0 Å². The van der Waals surface area contributed by atoms with Crippen molar-refractivity contribution in [3.8, 4) is 0 Å². The molecule has 2 rings (SSSR count). The van der Waals surface area contributed by atoms with Gasteiger partial charge < -0.3 is 5.32 Å². The van der Waals surface area contributed by atoms with Crippen LogP contribution in [0, 0.1) is 0 Å². The molecule has 0 amide bonds. The van der Waals surface area contributed by atoms with E-state index in [4.69, 9.17) is 0 Å². The molecule has 5 nitrogen and oxygen atoms in total. The summed E-state index contributed by atoms with van der Waals surface area (Å²) in [5.74, 6) is 0. The quantitative estimate of drug-likeness (QED) is 0.718. The maximum absolute atomic E-state index is 12.6. The maximum atomic E-state index is 12.6. The van der Waals surface area contributed by atoms with Gasteiger partial charge in [-0.15, -0.1) is 0 Å². The van der Waals surface area contributed by atoms with Crippen molar-refractivity contribution in [2.24, 2.45) is 0 Å². The summed E-state index contributed by atoms with van der Waals surface area (Å²) < 4.78 is 26.9. The lowest BCUT2D eigenvalue weighted by Gasteiger charge is -2.38. The number of nitrogens with zero attached hydrogens (tertiary/aromatic N) is 2. The van der Waals surface area contributed by atoms with E-state index in [-0.39, 0.29) is 5.25 Å². The number of hydrogen-bond acceptors (Lipinski definition) is 4. The summed E-state index contributed by atoms with van der Waals surface area (Å²) in [5, 5.41) is 2.89. The largest absolute Gasteiger partial charge is 0.315 e. The van der Waals surface area contributed by atoms with Gasteiger partial charge in [-0.3, -0.25) is 4.90 Å². The van der Waals surface area contributed by atoms with Crippen LogP contribution in [0.5, 0.6) is 0 Å². The third-order valence-electron chi connectivity index (χ3n) is 4.84. The Bertz CT molecular complexity index is 399. The van der Waals surface area contributed by atoms with Crippen LogP contribution in [0.2, 0.25) is 0 Å².